The summed E-state index contributed by atoms with van der Waals surface area (Å²) in [7, 11) is 0. The summed E-state index contributed by atoms with van der Waals surface area (Å²) in [6.45, 7) is 1.05. The van der Waals surface area contributed by atoms with Gasteiger partial charge < -0.3 is 9.84 Å². The Kier molecular flexibility index (Phi) is 3.24. The number of thioether (sulfide) groups is 1. The summed E-state index contributed by atoms with van der Waals surface area (Å²) in [4.78, 5) is 5.98. The third-order valence-corrected chi connectivity index (χ3v) is 5.31. The molecule has 2 atom stereocenters. The van der Waals surface area contributed by atoms with Crippen LogP contribution in [0.25, 0.3) is 0 Å². The van der Waals surface area contributed by atoms with Crippen LogP contribution in [0.5, 0.6) is 0 Å². The van der Waals surface area contributed by atoms with Gasteiger partial charge in [-0.1, -0.05) is 29.8 Å². The molecule has 3 heterocycles. The van der Waals surface area contributed by atoms with Crippen molar-refractivity contribution in [3.63, 3.8) is 0 Å². The third-order valence-electron chi connectivity index (χ3n) is 4.00. The van der Waals surface area contributed by atoms with Gasteiger partial charge in [-0.3, -0.25) is 0 Å². The molecule has 104 valence electrons. The molecule has 2 aliphatic rings. The Morgan fingerprint density at radius 3 is 3.05 bits per heavy atom. The second kappa shape index (κ2) is 5.22. The molecule has 1 fully saturated rings. The van der Waals surface area contributed by atoms with Crippen molar-refractivity contribution in [2.45, 2.75) is 41.9 Å². The number of nitrogens with zero attached hydrogens (tertiary/aromatic N) is 2. The smallest absolute Gasteiger partial charge is 0.240 e. The third kappa shape index (κ3) is 2.25. The van der Waals surface area contributed by atoms with E-state index in [9.17, 15) is 0 Å². The number of rotatable bonds is 2. The highest BCUT2D eigenvalue weighted by Crippen LogP contribution is 2.45. The van der Waals surface area contributed by atoms with E-state index in [1.165, 1.54) is 23.3 Å². The molecule has 0 amide bonds. The summed E-state index contributed by atoms with van der Waals surface area (Å²) in [5, 5.41) is 7.93. The molecule has 4 nitrogen and oxygen atoms in total. The summed E-state index contributed by atoms with van der Waals surface area (Å²) in [5.74, 6) is 1.60. The minimum Gasteiger partial charge on any atom is -0.338 e. The molecule has 1 saturated heterocycles. The summed E-state index contributed by atoms with van der Waals surface area (Å²) in [5.41, 5.74) is 1.39. The molecular formula is C15H17N3OS. The van der Waals surface area contributed by atoms with Gasteiger partial charge >= 0.3 is 0 Å². The number of piperidine rings is 1. The molecule has 0 radical (unpaired) electrons. The van der Waals surface area contributed by atoms with Crippen molar-refractivity contribution in [3.8, 4) is 0 Å². The van der Waals surface area contributed by atoms with Gasteiger partial charge in [0.1, 0.15) is 0 Å². The molecule has 1 aromatic heterocycles. The molecule has 2 unspecified atom stereocenters. The van der Waals surface area contributed by atoms with Crippen LogP contribution in [0.3, 0.4) is 0 Å². The average molecular weight is 287 g/mol. The van der Waals surface area contributed by atoms with Crippen LogP contribution >= 0.6 is 11.8 Å². The van der Waals surface area contributed by atoms with Crippen LogP contribution in [-0.4, -0.2) is 16.7 Å². The van der Waals surface area contributed by atoms with E-state index in [1.54, 1.807) is 0 Å². The highest BCUT2D eigenvalue weighted by Gasteiger charge is 2.29. The number of hydrogen-bond donors (Lipinski definition) is 1. The van der Waals surface area contributed by atoms with E-state index in [0.717, 1.165) is 31.1 Å². The molecule has 0 aliphatic carbocycles. The van der Waals surface area contributed by atoms with Crippen LogP contribution in [-0.2, 0) is 6.42 Å². The first kappa shape index (κ1) is 12.4. The summed E-state index contributed by atoms with van der Waals surface area (Å²) < 4.78 is 5.51. The molecular weight excluding hydrogens is 270 g/mol. The fraction of sp³-hybridized carbons (Fsp3) is 0.467. The normalized spacial score (nSPS) is 25.6. The van der Waals surface area contributed by atoms with Crippen LogP contribution in [0.15, 0.2) is 33.7 Å². The molecule has 0 spiro atoms. The number of benzene rings is 1. The summed E-state index contributed by atoms with van der Waals surface area (Å²) in [6.07, 6.45) is 4.58. The first-order valence-corrected chi connectivity index (χ1v) is 8.09. The molecule has 2 aliphatic heterocycles. The lowest BCUT2D eigenvalue weighted by molar-refractivity contribution is 0.348. The molecule has 5 heteroatoms. The van der Waals surface area contributed by atoms with Gasteiger partial charge in [0.25, 0.3) is 0 Å². The van der Waals surface area contributed by atoms with E-state index in [-0.39, 0.29) is 11.3 Å². The summed E-state index contributed by atoms with van der Waals surface area (Å²) >= 11 is 1.83. The average Bonchev–Trinajstić information content (AvgIpc) is 3.14. The zero-order valence-corrected chi connectivity index (χ0v) is 12.0. The minimum absolute atomic E-state index is 0.273. The molecule has 0 saturated carbocycles. The van der Waals surface area contributed by atoms with Crippen molar-refractivity contribution in [2.75, 3.05) is 6.54 Å². The molecule has 4 rings (SSSR count). The Bertz CT molecular complexity index is 582. The minimum atomic E-state index is 0.273. The van der Waals surface area contributed by atoms with Gasteiger partial charge in [0.15, 0.2) is 5.82 Å². The van der Waals surface area contributed by atoms with Crippen LogP contribution in [0.4, 0.5) is 0 Å². The maximum absolute atomic E-state index is 5.51. The second-order valence-corrected chi connectivity index (χ2v) is 6.66. The Balaban J connectivity index is 1.52. The van der Waals surface area contributed by atoms with E-state index < -0.39 is 0 Å². The maximum atomic E-state index is 5.51. The lowest BCUT2D eigenvalue weighted by Crippen LogP contribution is -2.27. The highest BCUT2D eigenvalue weighted by molar-refractivity contribution is 7.99. The SMILES string of the molecule is c1ccc2c(c1)CC(c1nc(C3CCCCN3)no1)S2. The zero-order valence-electron chi connectivity index (χ0n) is 11.2. The van der Waals surface area contributed by atoms with E-state index in [1.807, 2.05) is 11.8 Å². The predicted octanol–water partition coefficient (Wildman–Crippen LogP) is 3.27. The van der Waals surface area contributed by atoms with Gasteiger partial charge in [-0.2, -0.15) is 4.98 Å². The fourth-order valence-electron chi connectivity index (χ4n) is 2.91. The lowest BCUT2D eigenvalue weighted by Gasteiger charge is -2.19. The molecule has 1 N–H and O–H groups in total. The molecule has 20 heavy (non-hydrogen) atoms. The number of fused-ring (bicyclic) bond motifs is 1. The fourth-order valence-corrected chi connectivity index (χ4v) is 4.14. The van der Waals surface area contributed by atoms with Gasteiger partial charge in [-0.25, -0.2) is 0 Å². The summed E-state index contributed by atoms with van der Waals surface area (Å²) in [6, 6.07) is 8.80. The Morgan fingerprint density at radius 1 is 1.25 bits per heavy atom. The first-order chi connectivity index (χ1) is 9.90. The van der Waals surface area contributed by atoms with Crippen LogP contribution in [0.1, 0.15) is 47.8 Å². The second-order valence-electron chi connectivity index (χ2n) is 5.41. The van der Waals surface area contributed by atoms with Crippen molar-refractivity contribution in [2.24, 2.45) is 0 Å². The lowest BCUT2D eigenvalue weighted by atomic mass is 10.0. The van der Waals surface area contributed by atoms with Gasteiger partial charge in [-0.15, -0.1) is 11.8 Å². The van der Waals surface area contributed by atoms with Crippen molar-refractivity contribution in [3.05, 3.63) is 41.5 Å². The Morgan fingerprint density at radius 2 is 2.20 bits per heavy atom. The van der Waals surface area contributed by atoms with Crippen molar-refractivity contribution in [1.82, 2.24) is 15.5 Å². The van der Waals surface area contributed by atoms with Crippen LogP contribution in [0.2, 0.25) is 0 Å². The van der Waals surface area contributed by atoms with Crippen molar-refractivity contribution < 1.29 is 4.52 Å². The number of hydrogen-bond acceptors (Lipinski definition) is 5. The molecule has 0 bridgehead atoms. The standard InChI is InChI=1S/C15H17N3OS/c1-2-7-12-10(5-1)9-13(20-12)15-17-14(18-19-15)11-6-3-4-8-16-11/h1-2,5,7,11,13,16H,3-4,6,8-9H2. The van der Waals surface area contributed by atoms with Gasteiger partial charge in [0.05, 0.1) is 11.3 Å². The van der Waals surface area contributed by atoms with E-state index >= 15 is 0 Å². The predicted molar refractivity (Wildman–Crippen MR) is 77.6 cm³/mol. The van der Waals surface area contributed by atoms with E-state index in [2.05, 4.69) is 39.7 Å². The first-order valence-electron chi connectivity index (χ1n) is 7.21. The zero-order chi connectivity index (χ0) is 13.4. The van der Waals surface area contributed by atoms with Gasteiger partial charge in [-0.05, 0) is 37.4 Å². The highest BCUT2D eigenvalue weighted by atomic mass is 32.2. The maximum Gasteiger partial charge on any atom is 0.240 e. The number of aromatic nitrogens is 2. The Labute approximate surface area is 122 Å². The molecule has 1 aromatic carbocycles. The van der Waals surface area contributed by atoms with Crippen LogP contribution in [0, 0.1) is 0 Å². The van der Waals surface area contributed by atoms with Crippen LogP contribution < -0.4 is 5.32 Å². The number of nitrogens with one attached hydrogen (secondary N) is 1. The molecule has 2 aromatic rings. The van der Waals surface area contributed by atoms with E-state index in [0.29, 0.717) is 0 Å². The van der Waals surface area contributed by atoms with Gasteiger partial charge in [0, 0.05) is 4.90 Å². The monoisotopic (exact) mass is 287 g/mol. The van der Waals surface area contributed by atoms with Crippen molar-refractivity contribution in [1.29, 1.82) is 0 Å². The van der Waals surface area contributed by atoms with Gasteiger partial charge in [0.2, 0.25) is 5.89 Å². The topological polar surface area (TPSA) is 51.0 Å². The Hall–Kier alpha value is -1.33. The quantitative estimate of drug-likeness (QED) is 0.918. The van der Waals surface area contributed by atoms with E-state index in [4.69, 9.17) is 4.52 Å². The van der Waals surface area contributed by atoms with Crippen molar-refractivity contribution >= 4 is 11.8 Å². The largest absolute Gasteiger partial charge is 0.338 e.